The lowest BCUT2D eigenvalue weighted by Crippen LogP contribution is -2.40. The summed E-state index contributed by atoms with van der Waals surface area (Å²) in [4.78, 5) is 0. The fourth-order valence-corrected chi connectivity index (χ4v) is 3.28. The van der Waals surface area contributed by atoms with Crippen molar-refractivity contribution in [3.63, 3.8) is 0 Å². The van der Waals surface area contributed by atoms with Crippen LogP contribution in [0.3, 0.4) is 0 Å². The maximum absolute atomic E-state index is 11.6. The fraction of sp³-hybridized carbons (Fsp3) is 0.294. The van der Waals surface area contributed by atoms with Crippen molar-refractivity contribution < 1.29 is 22.8 Å². The molecular formula is C17H19Cl2NO5S. The minimum atomic E-state index is -4.46. The highest BCUT2D eigenvalue weighted by Gasteiger charge is 2.22. The van der Waals surface area contributed by atoms with Crippen LogP contribution >= 0.6 is 23.2 Å². The van der Waals surface area contributed by atoms with E-state index in [4.69, 9.17) is 27.9 Å². The summed E-state index contributed by atoms with van der Waals surface area (Å²) in [7, 11) is -4.46. The van der Waals surface area contributed by atoms with Crippen molar-refractivity contribution in [3.05, 3.63) is 64.1 Å². The molecule has 0 aliphatic rings. The van der Waals surface area contributed by atoms with Crippen molar-refractivity contribution in [1.82, 2.24) is 4.31 Å². The summed E-state index contributed by atoms with van der Waals surface area (Å²) >= 11 is 11.8. The van der Waals surface area contributed by atoms with Gasteiger partial charge >= 0.3 is 10.3 Å². The second-order valence-electron chi connectivity index (χ2n) is 5.61. The molecule has 2 aromatic carbocycles. The van der Waals surface area contributed by atoms with Crippen LogP contribution in [0.5, 0.6) is 5.75 Å². The van der Waals surface area contributed by atoms with E-state index in [9.17, 15) is 18.1 Å². The van der Waals surface area contributed by atoms with Gasteiger partial charge in [0.2, 0.25) is 0 Å². The second kappa shape index (κ2) is 9.55. The Bertz CT molecular complexity index is 817. The maximum atomic E-state index is 11.6. The first-order chi connectivity index (χ1) is 12.3. The number of nitrogens with zero attached hydrogens (tertiary/aromatic N) is 1. The van der Waals surface area contributed by atoms with E-state index in [1.165, 1.54) is 6.07 Å². The average Bonchev–Trinajstić information content (AvgIpc) is 2.59. The van der Waals surface area contributed by atoms with Gasteiger partial charge in [0.25, 0.3) is 0 Å². The van der Waals surface area contributed by atoms with Gasteiger partial charge in [-0.1, -0.05) is 53.5 Å². The summed E-state index contributed by atoms with van der Waals surface area (Å²) < 4.78 is 38.7. The van der Waals surface area contributed by atoms with Crippen LogP contribution in [0, 0.1) is 0 Å². The highest BCUT2D eigenvalue weighted by molar-refractivity contribution is 7.83. The zero-order valence-corrected chi connectivity index (χ0v) is 16.1. The Morgan fingerprint density at radius 1 is 1.12 bits per heavy atom. The van der Waals surface area contributed by atoms with Gasteiger partial charge in [0.15, 0.2) is 0 Å². The molecule has 2 N–H and O–H groups in total. The van der Waals surface area contributed by atoms with Gasteiger partial charge in [-0.3, -0.25) is 4.55 Å². The van der Waals surface area contributed by atoms with E-state index >= 15 is 0 Å². The van der Waals surface area contributed by atoms with Crippen molar-refractivity contribution in [2.45, 2.75) is 12.5 Å². The number of halogens is 2. The van der Waals surface area contributed by atoms with E-state index in [0.29, 0.717) is 16.5 Å². The molecule has 9 heteroatoms. The van der Waals surface area contributed by atoms with E-state index in [1.54, 1.807) is 12.1 Å². The molecular weight excluding hydrogens is 401 g/mol. The van der Waals surface area contributed by atoms with Gasteiger partial charge in [-0.25, -0.2) is 0 Å². The molecule has 26 heavy (non-hydrogen) atoms. The van der Waals surface area contributed by atoms with E-state index in [0.717, 1.165) is 9.87 Å². The zero-order valence-electron chi connectivity index (χ0n) is 13.8. The van der Waals surface area contributed by atoms with Crippen LogP contribution in [0.15, 0.2) is 48.5 Å². The molecule has 0 saturated heterocycles. The molecule has 0 heterocycles. The van der Waals surface area contributed by atoms with Gasteiger partial charge in [0.1, 0.15) is 18.5 Å². The third-order valence-electron chi connectivity index (χ3n) is 3.56. The zero-order chi connectivity index (χ0) is 19.2. The Hall–Kier alpha value is -1.35. The number of hydrogen-bond acceptors (Lipinski definition) is 4. The van der Waals surface area contributed by atoms with E-state index in [1.807, 2.05) is 30.3 Å². The van der Waals surface area contributed by atoms with E-state index in [-0.39, 0.29) is 25.4 Å². The summed E-state index contributed by atoms with van der Waals surface area (Å²) in [5.41, 5.74) is 0.914. The highest BCUT2D eigenvalue weighted by Crippen LogP contribution is 2.27. The number of ether oxygens (including phenoxy) is 1. The molecule has 0 aromatic heterocycles. The van der Waals surface area contributed by atoms with Crippen LogP contribution in [-0.4, -0.2) is 48.2 Å². The number of rotatable bonds is 9. The molecule has 1 atom stereocenters. The number of aliphatic hydroxyl groups excluding tert-OH is 1. The molecule has 0 saturated carbocycles. The molecule has 6 nitrogen and oxygen atoms in total. The molecule has 0 bridgehead atoms. The minimum absolute atomic E-state index is 0.0256. The first kappa shape index (κ1) is 21.0. The van der Waals surface area contributed by atoms with Gasteiger partial charge in [-0.2, -0.15) is 12.7 Å². The Labute approximate surface area is 162 Å². The summed E-state index contributed by atoms with van der Waals surface area (Å²) in [6.07, 6.45) is -0.767. The van der Waals surface area contributed by atoms with Crippen molar-refractivity contribution in [2.24, 2.45) is 0 Å². The Morgan fingerprint density at radius 3 is 2.46 bits per heavy atom. The third-order valence-corrected chi connectivity index (χ3v) is 5.09. The minimum Gasteiger partial charge on any atom is -0.489 e. The second-order valence-corrected chi connectivity index (χ2v) is 7.87. The molecule has 0 aliphatic heterocycles. The molecule has 0 amide bonds. The normalized spacial score (nSPS) is 13.0. The Morgan fingerprint density at radius 2 is 1.81 bits per heavy atom. The number of aliphatic hydroxyl groups is 1. The van der Waals surface area contributed by atoms with Crippen LogP contribution in [-0.2, 0) is 16.7 Å². The van der Waals surface area contributed by atoms with Gasteiger partial charge < -0.3 is 9.84 Å². The lowest BCUT2D eigenvalue weighted by atomic mass is 10.1. The first-order valence-electron chi connectivity index (χ1n) is 7.78. The summed E-state index contributed by atoms with van der Waals surface area (Å²) in [6.45, 7) is -0.501. The van der Waals surface area contributed by atoms with Crippen LogP contribution in [0.25, 0.3) is 0 Å². The molecule has 2 rings (SSSR count). The SMILES string of the molecule is O=S(=O)(O)N(CCc1ccccc1)CC(O)COc1cc(Cl)ccc1Cl. The van der Waals surface area contributed by atoms with Crippen molar-refractivity contribution in [2.75, 3.05) is 19.7 Å². The molecule has 2 aromatic rings. The van der Waals surface area contributed by atoms with Crippen molar-refractivity contribution >= 4 is 33.5 Å². The standard InChI is InChI=1S/C17H19Cl2NO5S/c18-14-6-7-16(19)17(10-14)25-12-15(21)11-20(26(22,23)24)9-8-13-4-2-1-3-5-13/h1-7,10,15,21H,8-9,11-12H2,(H,22,23,24). The smallest absolute Gasteiger partial charge is 0.336 e. The Kier molecular flexibility index (Phi) is 7.69. The molecule has 1 unspecified atom stereocenters. The van der Waals surface area contributed by atoms with Crippen LogP contribution in [0.2, 0.25) is 10.0 Å². The predicted octanol–water partition coefficient (Wildman–Crippen LogP) is 3.08. The molecule has 0 fully saturated rings. The molecule has 0 radical (unpaired) electrons. The predicted molar refractivity (Wildman–Crippen MR) is 101 cm³/mol. The quantitative estimate of drug-likeness (QED) is 0.609. The fourth-order valence-electron chi connectivity index (χ4n) is 2.26. The lowest BCUT2D eigenvalue weighted by Gasteiger charge is -2.22. The van der Waals surface area contributed by atoms with Crippen LogP contribution in [0.1, 0.15) is 5.56 Å². The summed E-state index contributed by atoms with van der Waals surface area (Å²) in [5.74, 6) is 0.279. The number of benzene rings is 2. The average molecular weight is 420 g/mol. The lowest BCUT2D eigenvalue weighted by molar-refractivity contribution is 0.0874. The maximum Gasteiger partial charge on any atom is 0.336 e. The molecule has 0 spiro atoms. The van der Waals surface area contributed by atoms with Gasteiger partial charge in [-0.15, -0.1) is 0 Å². The van der Waals surface area contributed by atoms with Crippen LogP contribution in [0.4, 0.5) is 0 Å². The molecule has 0 aliphatic carbocycles. The van der Waals surface area contributed by atoms with E-state index in [2.05, 4.69) is 0 Å². The monoisotopic (exact) mass is 419 g/mol. The summed E-state index contributed by atoms with van der Waals surface area (Å²) in [5, 5.41) is 10.8. The van der Waals surface area contributed by atoms with Crippen LogP contribution < -0.4 is 4.74 Å². The van der Waals surface area contributed by atoms with E-state index < -0.39 is 16.4 Å². The largest absolute Gasteiger partial charge is 0.489 e. The highest BCUT2D eigenvalue weighted by atomic mass is 35.5. The third kappa shape index (κ3) is 6.75. The summed E-state index contributed by atoms with van der Waals surface area (Å²) in [6, 6.07) is 13.9. The van der Waals surface area contributed by atoms with Crippen molar-refractivity contribution in [1.29, 1.82) is 0 Å². The van der Waals surface area contributed by atoms with Gasteiger partial charge in [-0.05, 0) is 24.1 Å². The first-order valence-corrected chi connectivity index (χ1v) is 9.93. The Balaban J connectivity index is 1.93. The van der Waals surface area contributed by atoms with Gasteiger partial charge in [0.05, 0.1) is 5.02 Å². The topological polar surface area (TPSA) is 87.1 Å². The number of hydrogen-bond donors (Lipinski definition) is 2. The molecule has 142 valence electrons. The van der Waals surface area contributed by atoms with Crippen molar-refractivity contribution in [3.8, 4) is 5.75 Å². The van der Waals surface area contributed by atoms with Gasteiger partial charge in [0, 0.05) is 24.2 Å².